The second-order valence-electron chi connectivity index (χ2n) is 6.01. The van der Waals surface area contributed by atoms with Crippen LogP contribution in [0.4, 0.5) is 4.79 Å². The van der Waals surface area contributed by atoms with Gasteiger partial charge in [0.05, 0.1) is 25.2 Å². The van der Waals surface area contributed by atoms with E-state index in [2.05, 4.69) is 0 Å². The Kier molecular flexibility index (Phi) is 6.19. The van der Waals surface area contributed by atoms with Crippen LogP contribution in [-0.2, 0) is 11.3 Å². The first-order valence-corrected chi connectivity index (χ1v) is 9.54. The molecule has 2 aromatic carbocycles. The van der Waals surface area contributed by atoms with Gasteiger partial charge in [-0.3, -0.25) is 14.5 Å². The molecule has 0 aromatic heterocycles. The summed E-state index contributed by atoms with van der Waals surface area (Å²) in [7, 11) is 1.58. The van der Waals surface area contributed by atoms with E-state index in [1.54, 1.807) is 19.3 Å². The summed E-state index contributed by atoms with van der Waals surface area (Å²) in [5.41, 5.74) is 1.70. The number of benzene rings is 2. The Labute approximate surface area is 163 Å². The van der Waals surface area contributed by atoms with Gasteiger partial charge in [0.1, 0.15) is 0 Å². The molecule has 2 aromatic rings. The van der Waals surface area contributed by atoms with E-state index in [9.17, 15) is 9.59 Å². The number of nitrogens with zero attached hydrogens (tertiary/aromatic N) is 1. The summed E-state index contributed by atoms with van der Waals surface area (Å²) in [4.78, 5) is 26.6. The van der Waals surface area contributed by atoms with Crippen LogP contribution in [0.1, 0.15) is 24.5 Å². The largest absolute Gasteiger partial charge is 0.493 e. The molecule has 0 radical (unpaired) electrons. The van der Waals surface area contributed by atoms with Crippen LogP contribution in [0.25, 0.3) is 6.08 Å². The number of amides is 2. The third kappa shape index (κ3) is 4.52. The standard InChI is InChI=1S/C21H21NO4S/c1-3-11-26-17-10-9-16(12-18(17)25-2)13-19-20(23)22(21(24)27-19)14-15-7-5-4-6-8-15/h4-10,12-13H,3,11,14H2,1-2H3/b19-13+. The van der Waals surface area contributed by atoms with Crippen molar-refractivity contribution in [2.24, 2.45) is 0 Å². The van der Waals surface area contributed by atoms with E-state index in [4.69, 9.17) is 9.47 Å². The number of hydrogen-bond donors (Lipinski definition) is 0. The average molecular weight is 383 g/mol. The summed E-state index contributed by atoms with van der Waals surface area (Å²) in [6, 6.07) is 14.9. The van der Waals surface area contributed by atoms with Gasteiger partial charge in [0.2, 0.25) is 0 Å². The van der Waals surface area contributed by atoms with Gasteiger partial charge in [-0.2, -0.15) is 0 Å². The Bertz CT molecular complexity index is 864. The van der Waals surface area contributed by atoms with Crippen LogP contribution in [0.5, 0.6) is 11.5 Å². The van der Waals surface area contributed by atoms with Gasteiger partial charge in [-0.25, -0.2) is 0 Å². The highest BCUT2D eigenvalue weighted by atomic mass is 32.2. The van der Waals surface area contributed by atoms with Crippen LogP contribution >= 0.6 is 11.8 Å². The zero-order chi connectivity index (χ0) is 19.2. The lowest BCUT2D eigenvalue weighted by molar-refractivity contribution is -0.123. The normalized spacial score (nSPS) is 15.5. The minimum atomic E-state index is -0.279. The zero-order valence-corrected chi connectivity index (χ0v) is 16.1. The molecule has 0 atom stereocenters. The van der Waals surface area contributed by atoms with E-state index >= 15 is 0 Å². The maximum atomic E-state index is 12.6. The number of imide groups is 1. The molecule has 27 heavy (non-hydrogen) atoms. The first-order chi connectivity index (χ1) is 13.1. The van der Waals surface area contributed by atoms with Gasteiger partial charge in [0.15, 0.2) is 11.5 Å². The number of thioether (sulfide) groups is 1. The van der Waals surface area contributed by atoms with Crippen LogP contribution in [0.3, 0.4) is 0 Å². The maximum Gasteiger partial charge on any atom is 0.293 e. The predicted octanol–water partition coefficient (Wildman–Crippen LogP) is 4.72. The highest BCUT2D eigenvalue weighted by Gasteiger charge is 2.34. The summed E-state index contributed by atoms with van der Waals surface area (Å²) < 4.78 is 11.0. The summed E-state index contributed by atoms with van der Waals surface area (Å²) in [5, 5.41) is -0.259. The number of rotatable bonds is 7. The van der Waals surface area contributed by atoms with Gasteiger partial charge in [0.25, 0.3) is 11.1 Å². The second-order valence-corrected chi connectivity index (χ2v) is 7.01. The first kappa shape index (κ1) is 19.0. The average Bonchev–Trinajstić information content (AvgIpc) is 2.95. The highest BCUT2D eigenvalue weighted by molar-refractivity contribution is 8.18. The van der Waals surface area contributed by atoms with Crippen molar-refractivity contribution in [3.8, 4) is 11.5 Å². The molecule has 0 unspecified atom stereocenters. The molecule has 3 rings (SSSR count). The van der Waals surface area contributed by atoms with Gasteiger partial charge in [-0.15, -0.1) is 0 Å². The van der Waals surface area contributed by atoms with E-state index in [0.717, 1.165) is 29.3 Å². The van der Waals surface area contributed by atoms with Gasteiger partial charge in [-0.05, 0) is 47.5 Å². The van der Waals surface area contributed by atoms with E-state index in [-0.39, 0.29) is 17.7 Å². The summed E-state index contributed by atoms with van der Waals surface area (Å²) in [6.07, 6.45) is 2.61. The van der Waals surface area contributed by atoms with E-state index in [1.807, 2.05) is 49.4 Å². The fourth-order valence-corrected chi connectivity index (χ4v) is 3.50. The van der Waals surface area contributed by atoms with Gasteiger partial charge >= 0.3 is 0 Å². The van der Waals surface area contributed by atoms with Crippen molar-refractivity contribution in [2.75, 3.05) is 13.7 Å². The van der Waals surface area contributed by atoms with Crippen molar-refractivity contribution < 1.29 is 19.1 Å². The molecular formula is C21H21NO4S. The number of carbonyl (C=O) groups is 2. The van der Waals surface area contributed by atoms with Gasteiger partial charge in [-0.1, -0.05) is 43.3 Å². The van der Waals surface area contributed by atoms with Crippen LogP contribution in [0.15, 0.2) is 53.4 Å². The maximum absolute atomic E-state index is 12.6. The van der Waals surface area contributed by atoms with Crippen LogP contribution in [-0.4, -0.2) is 29.8 Å². The molecule has 1 saturated heterocycles. The Balaban J connectivity index is 1.79. The molecule has 0 bridgehead atoms. The van der Waals surface area contributed by atoms with Crippen molar-refractivity contribution in [1.82, 2.24) is 4.90 Å². The summed E-state index contributed by atoms with van der Waals surface area (Å²) in [6.45, 7) is 2.91. The van der Waals surface area contributed by atoms with Gasteiger partial charge in [0, 0.05) is 0 Å². The number of ether oxygens (including phenoxy) is 2. The summed E-state index contributed by atoms with van der Waals surface area (Å²) in [5.74, 6) is 0.980. The minimum Gasteiger partial charge on any atom is -0.493 e. The fourth-order valence-electron chi connectivity index (χ4n) is 2.66. The Hall–Kier alpha value is -2.73. The minimum absolute atomic E-state index is 0.259. The predicted molar refractivity (Wildman–Crippen MR) is 107 cm³/mol. The number of carbonyl (C=O) groups excluding carboxylic acids is 2. The molecule has 1 aliphatic heterocycles. The third-order valence-electron chi connectivity index (χ3n) is 4.00. The van der Waals surface area contributed by atoms with Crippen molar-refractivity contribution in [1.29, 1.82) is 0 Å². The molecule has 1 aliphatic rings. The molecule has 0 aliphatic carbocycles. The lowest BCUT2D eigenvalue weighted by Gasteiger charge is -2.12. The molecule has 6 heteroatoms. The van der Waals surface area contributed by atoms with Crippen molar-refractivity contribution >= 4 is 29.0 Å². The second kappa shape index (κ2) is 8.77. The molecule has 0 N–H and O–H groups in total. The zero-order valence-electron chi connectivity index (χ0n) is 15.3. The molecule has 0 saturated carbocycles. The van der Waals surface area contributed by atoms with Crippen molar-refractivity contribution in [3.05, 3.63) is 64.6 Å². The number of hydrogen-bond acceptors (Lipinski definition) is 5. The molecule has 140 valence electrons. The molecular weight excluding hydrogens is 362 g/mol. The lowest BCUT2D eigenvalue weighted by atomic mass is 10.1. The number of methoxy groups -OCH3 is 1. The van der Waals surface area contributed by atoms with E-state index < -0.39 is 0 Å². The quantitative estimate of drug-likeness (QED) is 0.648. The third-order valence-corrected chi connectivity index (χ3v) is 4.91. The Morgan fingerprint density at radius 3 is 2.56 bits per heavy atom. The van der Waals surface area contributed by atoms with Crippen LogP contribution in [0.2, 0.25) is 0 Å². The smallest absolute Gasteiger partial charge is 0.293 e. The van der Waals surface area contributed by atoms with E-state index in [1.165, 1.54) is 4.90 Å². The van der Waals surface area contributed by atoms with Crippen LogP contribution < -0.4 is 9.47 Å². The molecule has 0 spiro atoms. The lowest BCUT2D eigenvalue weighted by Crippen LogP contribution is -2.27. The van der Waals surface area contributed by atoms with E-state index in [0.29, 0.717) is 23.0 Å². The molecule has 5 nitrogen and oxygen atoms in total. The monoisotopic (exact) mass is 383 g/mol. The Morgan fingerprint density at radius 2 is 1.85 bits per heavy atom. The summed E-state index contributed by atoms with van der Waals surface area (Å²) >= 11 is 0.954. The Morgan fingerprint density at radius 1 is 1.07 bits per heavy atom. The molecule has 1 fully saturated rings. The topological polar surface area (TPSA) is 55.8 Å². The van der Waals surface area contributed by atoms with Gasteiger partial charge < -0.3 is 9.47 Å². The fraction of sp³-hybridized carbons (Fsp3) is 0.238. The SMILES string of the molecule is CCCOc1ccc(/C=C2/SC(=O)N(Cc3ccccc3)C2=O)cc1OC. The molecule has 1 heterocycles. The van der Waals surface area contributed by atoms with Crippen molar-refractivity contribution in [3.63, 3.8) is 0 Å². The molecule has 2 amide bonds. The first-order valence-electron chi connectivity index (χ1n) is 8.72. The van der Waals surface area contributed by atoms with Crippen molar-refractivity contribution in [2.45, 2.75) is 19.9 Å². The van der Waals surface area contributed by atoms with Crippen LogP contribution in [0, 0.1) is 0 Å². The highest BCUT2D eigenvalue weighted by Crippen LogP contribution is 2.35.